The first-order valence-corrected chi connectivity index (χ1v) is 6.14. The summed E-state index contributed by atoms with van der Waals surface area (Å²) in [6, 6.07) is 3.96. The molecule has 2 heterocycles. The molecule has 4 heteroatoms. The zero-order chi connectivity index (χ0) is 12.1. The Morgan fingerprint density at radius 3 is 2.82 bits per heavy atom. The molecule has 0 aliphatic carbocycles. The molecule has 1 aliphatic rings. The standard InChI is InChI=1S/C13H19N3O/c1-10(12-8-15-9-12)13(17)16-7-4-11-2-5-14-6-3-11/h2-3,5-6,10,12,15H,4,7-9H2,1H3,(H,16,17). The second kappa shape index (κ2) is 5.77. The van der Waals surface area contributed by atoms with E-state index in [0.717, 1.165) is 19.5 Å². The van der Waals surface area contributed by atoms with E-state index in [1.54, 1.807) is 12.4 Å². The molecule has 4 nitrogen and oxygen atoms in total. The van der Waals surface area contributed by atoms with Gasteiger partial charge in [-0.05, 0) is 43.1 Å². The quantitative estimate of drug-likeness (QED) is 0.783. The number of hydrogen-bond acceptors (Lipinski definition) is 3. The average Bonchev–Trinajstić information content (AvgIpc) is 2.28. The fraction of sp³-hybridized carbons (Fsp3) is 0.538. The number of aromatic nitrogens is 1. The summed E-state index contributed by atoms with van der Waals surface area (Å²) >= 11 is 0. The van der Waals surface area contributed by atoms with Crippen LogP contribution in [0.25, 0.3) is 0 Å². The molecule has 1 fully saturated rings. The topological polar surface area (TPSA) is 54.0 Å². The van der Waals surface area contributed by atoms with E-state index in [9.17, 15) is 4.79 Å². The third-order valence-electron chi connectivity index (χ3n) is 3.40. The molecule has 1 aromatic rings. The van der Waals surface area contributed by atoms with E-state index in [1.165, 1.54) is 5.56 Å². The molecule has 0 radical (unpaired) electrons. The van der Waals surface area contributed by atoms with Crippen LogP contribution in [-0.2, 0) is 11.2 Å². The van der Waals surface area contributed by atoms with Gasteiger partial charge in [0.05, 0.1) is 0 Å². The number of pyridine rings is 1. The first-order chi connectivity index (χ1) is 8.27. The van der Waals surface area contributed by atoms with Gasteiger partial charge in [0.2, 0.25) is 5.91 Å². The normalized spacial score (nSPS) is 17.2. The minimum Gasteiger partial charge on any atom is -0.356 e. The molecule has 0 spiro atoms. The highest BCUT2D eigenvalue weighted by atomic mass is 16.1. The van der Waals surface area contributed by atoms with Gasteiger partial charge in [-0.1, -0.05) is 6.92 Å². The highest BCUT2D eigenvalue weighted by molar-refractivity contribution is 5.78. The minimum atomic E-state index is 0.119. The largest absolute Gasteiger partial charge is 0.356 e. The minimum absolute atomic E-state index is 0.119. The van der Waals surface area contributed by atoms with Crippen LogP contribution in [0.4, 0.5) is 0 Å². The van der Waals surface area contributed by atoms with Gasteiger partial charge in [0.1, 0.15) is 0 Å². The van der Waals surface area contributed by atoms with Gasteiger partial charge in [0, 0.05) is 24.9 Å². The van der Waals surface area contributed by atoms with Crippen LogP contribution < -0.4 is 10.6 Å². The number of rotatable bonds is 5. The molecule has 1 unspecified atom stereocenters. The van der Waals surface area contributed by atoms with E-state index in [4.69, 9.17) is 0 Å². The highest BCUT2D eigenvalue weighted by Gasteiger charge is 2.28. The maximum absolute atomic E-state index is 11.8. The molecule has 1 aliphatic heterocycles. The molecule has 92 valence electrons. The van der Waals surface area contributed by atoms with Gasteiger partial charge in [-0.25, -0.2) is 0 Å². The summed E-state index contributed by atoms with van der Waals surface area (Å²) in [6.45, 7) is 4.65. The summed E-state index contributed by atoms with van der Waals surface area (Å²) in [5.41, 5.74) is 1.21. The predicted molar refractivity (Wildman–Crippen MR) is 66.5 cm³/mol. The number of nitrogens with zero attached hydrogens (tertiary/aromatic N) is 1. The van der Waals surface area contributed by atoms with E-state index >= 15 is 0 Å². The van der Waals surface area contributed by atoms with E-state index < -0.39 is 0 Å². The van der Waals surface area contributed by atoms with Crippen LogP contribution in [0.5, 0.6) is 0 Å². The second-order valence-corrected chi connectivity index (χ2v) is 4.60. The van der Waals surface area contributed by atoms with Gasteiger partial charge in [0.25, 0.3) is 0 Å². The predicted octanol–water partition coefficient (Wildman–Crippen LogP) is 0.596. The van der Waals surface area contributed by atoms with Crippen molar-refractivity contribution >= 4 is 5.91 Å². The maximum atomic E-state index is 11.8. The zero-order valence-corrected chi connectivity index (χ0v) is 10.1. The Kier molecular flexibility index (Phi) is 4.09. The van der Waals surface area contributed by atoms with Crippen molar-refractivity contribution in [2.24, 2.45) is 11.8 Å². The number of nitrogens with one attached hydrogen (secondary N) is 2. The lowest BCUT2D eigenvalue weighted by Gasteiger charge is -2.31. The number of carbonyl (C=O) groups excluding carboxylic acids is 1. The van der Waals surface area contributed by atoms with Crippen molar-refractivity contribution in [3.8, 4) is 0 Å². The first kappa shape index (κ1) is 12.0. The van der Waals surface area contributed by atoms with Gasteiger partial charge in [0.15, 0.2) is 0 Å². The SMILES string of the molecule is CC(C(=O)NCCc1ccncc1)C1CNC1. The van der Waals surface area contributed by atoms with Crippen molar-refractivity contribution in [1.82, 2.24) is 15.6 Å². The zero-order valence-electron chi connectivity index (χ0n) is 10.1. The molecular formula is C13H19N3O. The van der Waals surface area contributed by atoms with Crippen LogP contribution in [-0.4, -0.2) is 30.5 Å². The summed E-state index contributed by atoms with van der Waals surface area (Å²) < 4.78 is 0. The molecule has 17 heavy (non-hydrogen) atoms. The van der Waals surface area contributed by atoms with E-state index in [1.807, 2.05) is 19.1 Å². The summed E-state index contributed by atoms with van der Waals surface area (Å²) in [4.78, 5) is 15.8. The number of hydrogen-bond donors (Lipinski definition) is 2. The molecule has 1 aromatic heterocycles. The molecule has 1 saturated heterocycles. The van der Waals surface area contributed by atoms with Gasteiger partial charge >= 0.3 is 0 Å². The van der Waals surface area contributed by atoms with Gasteiger partial charge in [-0.2, -0.15) is 0 Å². The van der Waals surface area contributed by atoms with Crippen molar-refractivity contribution in [3.63, 3.8) is 0 Å². The Morgan fingerprint density at radius 1 is 1.53 bits per heavy atom. The van der Waals surface area contributed by atoms with Crippen LogP contribution in [0.2, 0.25) is 0 Å². The molecule has 2 N–H and O–H groups in total. The first-order valence-electron chi connectivity index (χ1n) is 6.14. The van der Waals surface area contributed by atoms with Crippen LogP contribution in [0.1, 0.15) is 12.5 Å². The molecule has 1 amide bonds. The Balaban J connectivity index is 1.69. The second-order valence-electron chi connectivity index (χ2n) is 4.60. The highest BCUT2D eigenvalue weighted by Crippen LogP contribution is 2.15. The van der Waals surface area contributed by atoms with Crippen LogP contribution in [0.3, 0.4) is 0 Å². The van der Waals surface area contributed by atoms with Crippen LogP contribution in [0.15, 0.2) is 24.5 Å². The summed E-state index contributed by atoms with van der Waals surface area (Å²) in [6.07, 6.45) is 4.42. The molecular weight excluding hydrogens is 214 g/mol. The average molecular weight is 233 g/mol. The molecule has 2 rings (SSSR count). The van der Waals surface area contributed by atoms with E-state index in [0.29, 0.717) is 12.5 Å². The monoisotopic (exact) mass is 233 g/mol. The number of carbonyl (C=O) groups is 1. The lowest BCUT2D eigenvalue weighted by atomic mass is 9.88. The van der Waals surface area contributed by atoms with Crippen molar-refractivity contribution < 1.29 is 4.79 Å². The molecule has 0 bridgehead atoms. The number of amides is 1. The van der Waals surface area contributed by atoms with Crippen LogP contribution >= 0.6 is 0 Å². The van der Waals surface area contributed by atoms with E-state index in [2.05, 4.69) is 15.6 Å². The van der Waals surface area contributed by atoms with Crippen molar-refractivity contribution in [2.75, 3.05) is 19.6 Å². The molecule has 0 saturated carbocycles. The van der Waals surface area contributed by atoms with Crippen LogP contribution in [0, 0.1) is 11.8 Å². The Labute approximate surface area is 102 Å². The Morgan fingerprint density at radius 2 is 2.24 bits per heavy atom. The lowest BCUT2D eigenvalue weighted by Crippen LogP contribution is -2.49. The van der Waals surface area contributed by atoms with E-state index in [-0.39, 0.29) is 11.8 Å². The third-order valence-corrected chi connectivity index (χ3v) is 3.40. The van der Waals surface area contributed by atoms with Gasteiger partial charge in [-0.3, -0.25) is 9.78 Å². The smallest absolute Gasteiger partial charge is 0.223 e. The fourth-order valence-corrected chi connectivity index (χ4v) is 1.92. The Bertz CT molecular complexity index is 362. The summed E-state index contributed by atoms with van der Waals surface area (Å²) in [5, 5.41) is 6.18. The van der Waals surface area contributed by atoms with Crippen molar-refractivity contribution in [2.45, 2.75) is 13.3 Å². The molecule has 0 aromatic carbocycles. The molecule has 1 atom stereocenters. The summed E-state index contributed by atoms with van der Waals surface area (Å²) in [7, 11) is 0. The summed E-state index contributed by atoms with van der Waals surface area (Å²) in [5.74, 6) is 0.801. The maximum Gasteiger partial charge on any atom is 0.223 e. The lowest BCUT2D eigenvalue weighted by molar-refractivity contribution is -0.126. The third kappa shape index (κ3) is 3.27. The Hall–Kier alpha value is -1.42. The van der Waals surface area contributed by atoms with Gasteiger partial charge in [-0.15, -0.1) is 0 Å². The van der Waals surface area contributed by atoms with Gasteiger partial charge < -0.3 is 10.6 Å². The van der Waals surface area contributed by atoms with Crippen molar-refractivity contribution in [3.05, 3.63) is 30.1 Å². The van der Waals surface area contributed by atoms with Crippen molar-refractivity contribution in [1.29, 1.82) is 0 Å². The fourth-order valence-electron chi connectivity index (χ4n) is 1.92.